The number of fused-ring (bicyclic) bond motifs is 1. The molecule has 0 amide bonds. The molecule has 0 heterocycles. The topological polar surface area (TPSA) is 29.5 Å². The van der Waals surface area contributed by atoms with E-state index in [9.17, 15) is 5.11 Å². The van der Waals surface area contributed by atoms with E-state index in [1.807, 2.05) is 32.0 Å². The van der Waals surface area contributed by atoms with Crippen LogP contribution in [0.15, 0.2) is 24.3 Å². The number of hydrogen-bond donors (Lipinski definition) is 1. The molecule has 2 rings (SSSR count). The van der Waals surface area contributed by atoms with Gasteiger partial charge in [-0.3, -0.25) is 0 Å². The number of aryl methyl sites for hydroxylation is 1. The summed E-state index contributed by atoms with van der Waals surface area (Å²) < 4.78 is 5.59. The Morgan fingerprint density at radius 1 is 1.38 bits per heavy atom. The number of hydrogen-bond acceptors (Lipinski definition) is 2. The molecule has 88 valence electrons. The highest BCUT2D eigenvalue weighted by Gasteiger charge is 2.34. The third-order valence-electron chi connectivity index (χ3n) is 3.21. The Kier molecular flexibility index (Phi) is 3.31. The molecule has 2 nitrogen and oxygen atoms in total. The molecule has 0 aliphatic heterocycles. The van der Waals surface area contributed by atoms with Gasteiger partial charge in [0.15, 0.2) is 0 Å². The Morgan fingerprint density at radius 2 is 2.12 bits per heavy atom. The molecular weight excluding hydrogens is 200 g/mol. The molecule has 0 spiro atoms. The number of aliphatic hydroxyl groups is 1. The molecule has 0 aromatic heterocycles. The van der Waals surface area contributed by atoms with Gasteiger partial charge in [-0.1, -0.05) is 24.3 Å². The highest BCUT2D eigenvalue weighted by Crippen LogP contribution is 2.35. The maximum absolute atomic E-state index is 10.6. The van der Waals surface area contributed by atoms with E-state index in [0.29, 0.717) is 6.61 Å². The SMILES string of the molecule is CC(C)OCC1(O)CCCc2ccccc21. The minimum absolute atomic E-state index is 0.165. The van der Waals surface area contributed by atoms with Crippen molar-refractivity contribution in [2.75, 3.05) is 6.61 Å². The second-order valence-electron chi connectivity index (χ2n) is 4.90. The summed E-state index contributed by atoms with van der Waals surface area (Å²) in [7, 11) is 0. The van der Waals surface area contributed by atoms with Crippen LogP contribution in [0.5, 0.6) is 0 Å². The zero-order valence-corrected chi connectivity index (χ0v) is 10.1. The molecule has 1 atom stereocenters. The van der Waals surface area contributed by atoms with Crippen LogP contribution < -0.4 is 0 Å². The lowest BCUT2D eigenvalue weighted by molar-refractivity contribution is -0.0783. The predicted octanol–water partition coefficient (Wildman–Crippen LogP) is 2.64. The molecule has 2 heteroatoms. The standard InChI is InChI=1S/C14H20O2/c1-11(2)16-10-14(15)9-5-7-12-6-3-4-8-13(12)14/h3-4,6,8,11,15H,5,7,9-10H2,1-2H3. The van der Waals surface area contributed by atoms with Gasteiger partial charge < -0.3 is 9.84 Å². The largest absolute Gasteiger partial charge is 0.383 e. The molecule has 1 aromatic rings. The third-order valence-corrected chi connectivity index (χ3v) is 3.21. The highest BCUT2D eigenvalue weighted by atomic mass is 16.5. The van der Waals surface area contributed by atoms with Crippen molar-refractivity contribution in [1.29, 1.82) is 0 Å². The summed E-state index contributed by atoms with van der Waals surface area (Å²) in [6.07, 6.45) is 3.07. The van der Waals surface area contributed by atoms with Gasteiger partial charge in [0, 0.05) is 0 Å². The Bertz CT molecular complexity index is 360. The molecule has 0 fully saturated rings. The van der Waals surface area contributed by atoms with Crippen molar-refractivity contribution in [3.05, 3.63) is 35.4 Å². The zero-order valence-electron chi connectivity index (χ0n) is 10.1. The van der Waals surface area contributed by atoms with Gasteiger partial charge in [-0.15, -0.1) is 0 Å². The van der Waals surface area contributed by atoms with Crippen molar-refractivity contribution in [3.8, 4) is 0 Å². The number of ether oxygens (including phenoxy) is 1. The first kappa shape index (κ1) is 11.6. The van der Waals surface area contributed by atoms with Crippen LogP contribution >= 0.6 is 0 Å². The fourth-order valence-electron chi connectivity index (χ4n) is 2.35. The molecule has 0 bridgehead atoms. The van der Waals surface area contributed by atoms with Crippen molar-refractivity contribution in [2.24, 2.45) is 0 Å². The first-order chi connectivity index (χ1) is 7.62. The van der Waals surface area contributed by atoms with Crippen molar-refractivity contribution in [1.82, 2.24) is 0 Å². The van der Waals surface area contributed by atoms with Crippen molar-refractivity contribution < 1.29 is 9.84 Å². The Labute approximate surface area is 97.3 Å². The van der Waals surface area contributed by atoms with Gasteiger partial charge in [0.2, 0.25) is 0 Å². The molecule has 1 N–H and O–H groups in total. The first-order valence-electron chi connectivity index (χ1n) is 6.04. The second kappa shape index (κ2) is 4.56. The lowest BCUT2D eigenvalue weighted by atomic mass is 9.79. The highest BCUT2D eigenvalue weighted by molar-refractivity contribution is 5.34. The number of benzene rings is 1. The average molecular weight is 220 g/mol. The summed E-state index contributed by atoms with van der Waals surface area (Å²) in [5.74, 6) is 0. The van der Waals surface area contributed by atoms with Crippen LogP contribution in [-0.4, -0.2) is 17.8 Å². The van der Waals surface area contributed by atoms with Crippen LogP contribution in [-0.2, 0) is 16.8 Å². The summed E-state index contributed by atoms with van der Waals surface area (Å²) in [5.41, 5.74) is 1.55. The molecule has 0 radical (unpaired) electrons. The van der Waals surface area contributed by atoms with E-state index >= 15 is 0 Å². The van der Waals surface area contributed by atoms with E-state index in [1.165, 1.54) is 5.56 Å². The van der Waals surface area contributed by atoms with E-state index in [-0.39, 0.29) is 6.10 Å². The van der Waals surface area contributed by atoms with E-state index in [4.69, 9.17) is 4.74 Å². The van der Waals surface area contributed by atoms with Crippen LogP contribution in [0.2, 0.25) is 0 Å². The quantitative estimate of drug-likeness (QED) is 0.848. The zero-order chi connectivity index (χ0) is 11.6. The van der Waals surface area contributed by atoms with Gasteiger partial charge in [0.25, 0.3) is 0 Å². The fraction of sp³-hybridized carbons (Fsp3) is 0.571. The maximum atomic E-state index is 10.6. The summed E-state index contributed by atoms with van der Waals surface area (Å²) in [6, 6.07) is 8.16. The van der Waals surface area contributed by atoms with Crippen LogP contribution in [0.25, 0.3) is 0 Å². The Morgan fingerprint density at radius 3 is 2.88 bits per heavy atom. The molecule has 16 heavy (non-hydrogen) atoms. The molecular formula is C14H20O2. The second-order valence-corrected chi connectivity index (χ2v) is 4.90. The first-order valence-corrected chi connectivity index (χ1v) is 6.04. The monoisotopic (exact) mass is 220 g/mol. The van der Waals surface area contributed by atoms with Gasteiger partial charge in [0.1, 0.15) is 5.60 Å². The summed E-state index contributed by atoms with van der Waals surface area (Å²) in [5, 5.41) is 10.6. The minimum atomic E-state index is -0.779. The van der Waals surface area contributed by atoms with Crippen molar-refractivity contribution in [3.63, 3.8) is 0 Å². The van der Waals surface area contributed by atoms with Crippen LogP contribution in [0.1, 0.15) is 37.8 Å². The lowest BCUT2D eigenvalue weighted by Crippen LogP contribution is -2.36. The smallest absolute Gasteiger partial charge is 0.113 e. The lowest BCUT2D eigenvalue weighted by Gasteiger charge is -2.34. The van der Waals surface area contributed by atoms with Gasteiger partial charge in [-0.25, -0.2) is 0 Å². The van der Waals surface area contributed by atoms with Gasteiger partial charge >= 0.3 is 0 Å². The van der Waals surface area contributed by atoms with E-state index in [2.05, 4.69) is 6.07 Å². The van der Waals surface area contributed by atoms with Crippen molar-refractivity contribution >= 4 is 0 Å². The fourth-order valence-corrected chi connectivity index (χ4v) is 2.35. The normalized spacial score (nSPS) is 24.5. The average Bonchev–Trinajstić information content (AvgIpc) is 2.27. The van der Waals surface area contributed by atoms with Gasteiger partial charge in [0.05, 0.1) is 12.7 Å². The summed E-state index contributed by atoms with van der Waals surface area (Å²) in [6.45, 7) is 4.40. The van der Waals surface area contributed by atoms with Crippen LogP contribution in [0, 0.1) is 0 Å². The van der Waals surface area contributed by atoms with Gasteiger partial charge in [-0.2, -0.15) is 0 Å². The maximum Gasteiger partial charge on any atom is 0.113 e. The minimum Gasteiger partial charge on any atom is -0.383 e. The predicted molar refractivity (Wildman–Crippen MR) is 64.4 cm³/mol. The summed E-state index contributed by atoms with van der Waals surface area (Å²) in [4.78, 5) is 0. The van der Waals surface area contributed by atoms with E-state index in [1.54, 1.807) is 0 Å². The van der Waals surface area contributed by atoms with Gasteiger partial charge in [-0.05, 0) is 44.2 Å². The Hall–Kier alpha value is -0.860. The van der Waals surface area contributed by atoms with Crippen molar-refractivity contribution in [2.45, 2.75) is 44.8 Å². The third kappa shape index (κ3) is 2.28. The molecule has 0 saturated carbocycles. The summed E-state index contributed by atoms with van der Waals surface area (Å²) >= 11 is 0. The number of rotatable bonds is 3. The molecule has 1 aliphatic carbocycles. The molecule has 1 aliphatic rings. The Balaban J connectivity index is 2.22. The van der Waals surface area contributed by atoms with E-state index < -0.39 is 5.60 Å². The van der Waals surface area contributed by atoms with Crippen LogP contribution in [0.4, 0.5) is 0 Å². The van der Waals surface area contributed by atoms with Crippen LogP contribution in [0.3, 0.4) is 0 Å². The molecule has 1 unspecified atom stereocenters. The van der Waals surface area contributed by atoms with E-state index in [0.717, 1.165) is 24.8 Å². The molecule has 0 saturated heterocycles. The molecule has 1 aromatic carbocycles.